The van der Waals surface area contributed by atoms with Crippen LogP contribution in [0.3, 0.4) is 0 Å². The second-order valence-electron chi connectivity index (χ2n) is 7.75. The second-order valence-corrected chi connectivity index (χ2v) is 9.57. The summed E-state index contributed by atoms with van der Waals surface area (Å²) in [6.07, 6.45) is 0. The van der Waals surface area contributed by atoms with Crippen LogP contribution in [0.1, 0.15) is 29.8 Å². The van der Waals surface area contributed by atoms with E-state index in [0.29, 0.717) is 21.9 Å². The van der Waals surface area contributed by atoms with Gasteiger partial charge in [-0.25, -0.2) is 0 Å². The predicted octanol–water partition coefficient (Wildman–Crippen LogP) is 6.03. The summed E-state index contributed by atoms with van der Waals surface area (Å²) in [4.78, 5) is 35.4. The number of non-ortho nitro benzene ring substituents is 1. The van der Waals surface area contributed by atoms with Crippen LogP contribution in [0.4, 0.5) is 22.7 Å². The number of nitro groups is 1. The third-order valence-corrected chi connectivity index (χ3v) is 6.30. The Morgan fingerprint density at radius 2 is 1.66 bits per heavy atom. The van der Waals surface area contributed by atoms with Gasteiger partial charge in [-0.05, 0) is 87.1 Å². The van der Waals surface area contributed by atoms with Crippen LogP contribution in [0.5, 0.6) is 0 Å². The molecule has 3 aromatic carbocycles. The van der Waals surface area contributed by atoms with Gasteiger partial charge >= 0.3 is 0 Å². The van der Waals surface area contributed by atoms with Crippen LogP contribution in [0, 0.1) is 17.0 Å². The van der Waals surface area contributed by atoms with E-state index in [2.05, 4.69) is 16.0 Å². The third-order valence-electron chi connectivity index (χ3n) is 5.00. The van der Waals surface area contributed by atoms with Crippen LogP contribution in [0.2, 0.25) is 0 Å². The maximum absolute atomic E-state index is 12.7. The normalized spacial score (nSPS) is 11.3. The van der Waals surface area contributed by atoms with Crippen LogP contribution < -0.4 is 16.0 Å². The minimum atomic E-state index is -0.469. The van der Waals surface area contributed by atoms with Gasteiger partial charge in [0, 0.05) is 39.7 Å². The second kappa shape index (κ2) is 11.6. The molecule has 10 heteroatoms. The van der Waals surface area contributed by atoms with Crippen molar-refractivity contribution in [3.05, 3.63) is 88.0 Å². The average Bonchev–Trinajstić information content (AvgIpc) is 2.80. The molecule has 0 heterocycles. The molecular formula is C25H24N4O4S2. The van der Waals surface area contributed by atoms with Crippen molar-refractivity contribution in [2.75, 3.05) is 16.0 Å². The van der Waals surface area contributed by atoms with Crippen LogP contribution >= 0.6 is 24.0 Å². The summed E-state index contributed by atoms with van der Waals surface area (Å²) < 4.78 is 0. The number of hydrogen-bond acceptors (Lipinski definition) is 6. The Balaban J connectivity index is 1.58. The number of benzene rings is 3. The summed E-state index contributed by atoms with van der Waals surface area (Å²) in [6.45, 7) is 5.02. The number of anilines is 3. The van der Waals surface area contributed by atoms with E-state index in [1.165, 1.54) is 36.9 Å². The van der Waals surface area contributed by atoms with E-state index in [9.17, 15) is 19.7 Å². The summed E-state index contributed by atoms with van der Waals surface area (Å²) in [6, 6.07) is 18.9. The molecule has 3 aromatic rings. The van der Waals surface area contributed by atoms with Crippen molar-refractivity contribution in [3.8, 4) is 0 Å². The number of ketones is 1. The fourth-order valence-corrected chi connectivity index (χ4v) is 4.28. The van der Waals surface area contributed by atoms with Gasteiger partial charge < -0.3 is 16.0 Å². The van der Waals surface area contributed by atoms with Gasteiger partial charge in [0.05, 0.1) is 10.2 Å². The van der Waals surface area contributed by atoms with E-state index < -0.39 is 10.2 Å². The molecule has 1 atom stereocenters. The lowest BCUT2D eigenvalue weighted by molar-refractivity contribution is -0.384. The fourth-order valence-electron chi connectivity index (χ4n) is 3.12. The summed E-state index contributed by atoms with van der Waals surface area (Å²) >= 11 is 6.76. The number of nitrogens with one attached hydrogen (secondary N) is 3. The third kappa shape index (κ3) is 7.36. The lowest BCUT2D eigenvalue weighted by Crippen LogP contribution is -2.23. The minimum absolute atomic E-state index is 0.00245. The molecule has 0 aliphatic rings. The lowest BCUT2D eigenvalue weighted by atomic mass is 10.1. The SMILES string of the molecule is CC(=O)c1ccc(NC(=S)Nc2cccc(SC(C)C(=O)Nc3ccc([N+](=O)[O-])cc3C)c2)cc1. The first-order valence-corrected chi connectivity index (χ1v) is 11.9. The standard InChI is InChI=1S/C25H24N4O4S2/c1-15-13-21(29(32)33)11-12-23(15)28-24(31)17(3)35-22-6-4-5-20(14-22)27-25(34)26-19-9-7-18(8-10-19)16(2)30/h4-14,17H,1-3H3,(H,28,31)(H2,26,27,34). The van der Waals surface area contributed by atoms with Gasteiger partial charge in [-0.3, -0.25) is 19.7 Å². The van der Waals surface area contributed by atoms with E-state index in [1.807, 2.05) is 24.3 Å². The molecule has 0 saturated carbocycles. The number of nitro benzene ring substituents is 1. The van der Waals surface area contributed by atoms with E-state index >= 15 is 0 Å². The molecule has 3 N–H and O–H groups in total. The zero-order valence-corrected chi connectivity index (χ0v) is 21.0. The Hall–Kier alpha value is -3.76. The quantitative estimate of drug-likeness (QED) is 0.111. The van der Waals surface area contributed by atoms with Crippen molar-refractivity contribution < 1.29 is 14.5 Å². The molecule has 8 nitrogen and oxygen atoms in total. The molecule has 0 spiro atoms. The molecule has 0 aromatic heterocycles. The van der Waals surface area contributed by atoms with Gasteiger partial charge in [0.2, 0.25) is 5.91 Å². The highest BCUT2D eigenvalue weighted by Gasteiger charge is 2.17. The van der Waals surface area contributed by atoms with Crippen molar-refractivity contribution in [1.82, 2.24) is 0 Å². The van der Waals surface area contributed by atoms with E-state index in [4.69, 9.17) is 12.2 Å². The minimum Gasteiger partial charge on any atom is -0.332 e. The molecule has 1 amide bonds. The molecule has 0 aliphatic carbocycles. The number of Topliss-reactive ketones (excluding diaryl/α,β-unsaturated/α-hetero) is 1. The monoisotopic (exact) mass is 508 g/mol. The molecule has 1 unspecified atom stereocenters. The summed E-state index contributed by atoms with van der Waals surface area (Å²) in [5, 5.41) is 19.9. The van der Waals surface area contributed by atoms with Crippen molar-refractivity contribution in [2.24, 2.45) is 0 Å². The molecule has 3 rings (SSSR count). The Morgan fingerprint density at radius 3 is 2.29 bits per heavy atom. The summed E-state index contributed by atoms with van der Waals surface area (Å²) in [5.74, 6) is -0.214. The molecule has 0 saturated heterocycles. The summed E-state index contributed by atoms with van der Waals surface area (Å²) in [7, 11) is 0. The van der Waals surface area contributed by atoms with Gasteiger partial charge in [0.1, 0.15) is 0 Å². The van der Waals surface area contributed by atoms with Crippen molar-refractivity contribution >= 4 is 63.5 Å². The van der Waals surface area contributed by atoms with Gasteiger partial charge in [-0.15, -0.1) is 11.8 Å². The van der Waals surface area contributed by atoms with E-state index in [-0.39, 0.29) is 17.4 Å². The summed E-state index contributed by atoms with van der Waals surface area (Å²) in [5.41, 5.74) is 3.27. The molecule has 0 aliphatic heterocycles. The number of carbonyl (C=O) groups excluding carboxylic acids is 2. The first kappa shape index (κ1) is 25.9. The predicted molar refractivity (Wildman–Crippen MR) is 145 cm³/mol. The molecule has 35 heavy (non-hydrogen) atoms. The highest BCUT2D eigenvalue weighted by Crippen LogP contribution is 2.28. The highest BCUT2D eigenvalue weighted by atomic mass is 32.2. The maximum Gasteiger partial charge on any atom is 0.269 e. The van der Waals surface area contributed by atoms with Crippen molar-refractivity contribution in [1.29, 1.82) is 0 Å². The lowest BCUT2D eigenvalue weighted by Gasteiger charge is -2.15. The smallest absolute Gasteiger partial charge is 0.269 e. The van der Waals surface area contributed by atoms with Crippen LogP contribution in [0.15, 0.2) is 71.6 Å². The van der Waals surface area contributed by atoms with Gasteiger partial charge in [0.15, 0.2) is 10.9 Å². The first-order chi connectivity index (χ1) is 16.6. The van der Waals surface area contributed by atoms with Crippen molar-refractivity contribution in [3.63, 3.8) is 0 Å². The van der Waals surface area contributed by atoms with Crippen LogP contribution in [-0.4, -0.2) is 27.0 Å². The largest absolute Gasteiger partial charge is 0.332 e. The number of hydrogen-bond donors (Lipinski definition) is 3. The zero-order chi connectivity index (χ0) is 25.5. The molecule has 0 radical (unpaired) electrons. The Morgan fingerprint density at radius 1 is 0.971 bits per heavy atom. The number of thiocarbonyl (C=S) groups is 1. The average molecular weight is 509 g/mol. The number of amides is 1. The molecule has 0 bridgehead atoms. The Kier molecular flexibility index (Phi) is 8.56. The van der Waals surface area contributed by atoms with Crippen LogP contribution in [-0.2, 0) is 4.79 Å². The van der Waals surface area contributed by atoms with Gasteiger partial charge in [-0.1, -0.05) is 6.07 Å². The number of rotatable bonds is 8. The number of nitrogens with zero attached hydrogens (tertiary/aromatic N) is 1. The molecular weight excluding hydrogens is 484 g/mol. The number of thioether (sulfide) groups is 1. The number of carbonyl (C=O) groups is 2. The van der Waals surface area contributed by atoms with E-state index in [0.717, 1.165) is 16.3 Å². The van der Waals surface area contributed by atoms with E-state index in [1.54, 1.807) is 38.1 Å². The van der Waals surface area contributed by atoms with Gasteiger partial charge in [0.25, 0.3) is 5.69 Å². The Bertz CT molecular complexity index is 1280. The fraction of sp³-hybridized carbons (Fsp3) is 0.160. The van der Waals surface area contributed by atoms with Crippen LogP contribution in [0.25, 0.3) is 0 Å². The molecule has 180 valence electrons. The highest BCUT2D eigenvalue weighted by molar-refractivity contribution is 8.00. The maximum atomic E-state index is 12.7. The van der Waals surface area contributed by atoms with Crippen molar-refractivity contribution in [2.45, 2.75) is 30.9 Å². The molecule has 0 fully saturated rings. The first-order valence-electron chi connectivity index (χ1n) is 10.6. The topological polar surface area (TPSA) is 113 Å². The number of aryl methyl sites for hydroxylation is 1. The zero-order valence-electron chi connectivity index (χ0n) is 19.3. The van der Waals surface area contributed by atoms with Gasteiger partial charge in [-0.2, -0.15) is 0 Å². The Labute approximate surface area is 212 Å².